The summed E-state index contributed by atoms with van der Waals surface area (Å²) >= 11 is 0. The number of hydrogen-bond acceptors (Lipinski definition) is 4. The maximum absolute atomic E-state index is 4.10. The Bertz CT molecular complexity index is 352. The summed E-state index contributed by atoms with van der Waals surface area (Å²) in [6.07, 6.45) is 0. The van der Waals surface area contributed by atoms with E-state index in [1.54, 1.807) is 0 Å². The van der Waals surface area contributed by atoms with Crippen LogP contribution in [0.2, 0.25) is 0 Å². The first-order valence-corrected chi connectivity index (χ1v) is 5.34. The van der Waals surface area contributed by atoms with Crippen LogP contribution >= 0.6 is 0 Å². The molecule has 2 rings (SSSR count). The average molecular weight is 209 g/mol. The van der Waals surface area contributed by atoms with Gasteiger partial charge in [-0.15, -0.1) is 5.10 Å². The van der Waals surface area contributed by atoms with E-state index in [1.165, 1.54) is 0 Å². The molecule has 0 aromatic carbocycles. The molecular formula is C10H19N5. The van der Waals surface area contributed by atoms with Crippen molar-refractivity contribution >= 4 is 0 Å². The molecule has 0 unspecified atom stereocenters. The lowest BCUT2D eigenvalue weighted by molar-refractivity contribution is 0.457. The summed E-state index contributed by atoms with van der Waals surface area (Å²) in [5, 5.41) is 15.0. The van der Waals surface area contributed by atoms with Gasteiger partial charge >= 0.3 is 0 Å². The summed E-state index contributed by atoms with van der Waals surface area (Å²) in [4.78, 5) is 0. The Morgan fingerprint density at radius 2 is 1.87 bits per heavy atom. The van der Waals surface area contributed by atoms with Gasteiger partial charge in [-0.1, -0.05) is 27.7 Å². The molecule has 0 aliphatic heterocycles. The minimum Gasteiger partial charge on any atom is -0.313 e. The van der Waals surface area contributed by atoms with Crippen molar-refractivity contribution in [2.75, 3.05) is 7.05 Å². The van der Waals surface area contributed by atoms with Crippen molar-refractivity contribution < 1.29 is 0 Å². The van der Waals surface area contributed by atoms with Crippen LogP contribution in [-0.2, 0) is 6.54 Å². The van der Waals surface area contributed by atoms with Gasteiger partial charge in [0, 0.05) is 0 Å². The van der Waals surface area contributed by atoms with Crippen molar-refractivity contribution in [2.45, 2.75) is 40.3 Å². The molecule has 1 aromatic heterocycles. The van der Waals surface area contributed by atoms with Gasteiger partial charge in [0.2, 0.25) is 0 Å². The lowest BCUT2D eigenvalue weighted by atomic mass is 10.0. The molecule has 0 spiro atoms. The summed E-state index contributed by atoms with van der Waals surface area (Å²) in [6, 6.07) is 0.406. The zero-order valence-corrected chi connectivity index (χ0v) is 10.1. The molecule has 0 saturated heterocycles. The van der Waals surface area contributed by atoms with Crippen molar-refractivity contribution in [2.24, 2.45) is 10.8 Å². The van der Waals surface area contributed by atoms with Gasteiger partial charge in [0.1, 0.15) is 0 Å². The molecule has 0 radical (unpaired) electrons. The van der Waals surface area contributed by atoms with E-state index in [9.17, 15) is 0 Å². The van der Waals surface area contributed by atoms with E-state index < -0.39 is 0 Å². The first-order chi connectivity index (χ1) is 6.93. The molecule has 1 heterocycles. The van der Waals surface area contributed by atoms with Gasteiger partial charge in [-0.25, -0.2) is 4.68 Å². The van der Waals surface area contributed by atoms with Crippen molar-refractivity contribution in [3.63, 3.8) is 0 Å². The fourth-order valence-corrected chi connectivity index (χ4v) is 2.46. The van der Waals surface area contributed by atoms with Gasteiger partial charge in [-0.3, -0.25) is 0 Å². The molecule has 1 aromatic rings. The third kappa shape index (κ3) is 1.29. The van der Waals surface area contributed by atoms with Crippen LogP contribution in [0.1, 0.15) is 39.6 Å². The molecule has 1 N–H and O–H groups in total. The van der Waals surface area contributed by atoms with Gasteiger partial charge in [-0.2, -0.15) is 0 Å². The summed E-state index contributed by atoms with van der Waals surface area (Å²) in [6.45, 7) is 9.78. The predicted octanol–water partition coefficient (Wildman–Crippen LogP) is 1.000. The van der Waals surface area contributed by atoms with Crippen LogP contribution in [0.3, 0.4) is 0 Å². The van der Waals surface area contributed by atoms with Crippen molar-refractivity contribution in [3.8, 4) is 0 Å². The topological polar surface area (TPSA) is 55.6 Å². The molecule has 1 aliphatic rings. The summed E-state index contributed by atoms with van der Waals surface area (Å²) in [5.41, 5.74) is 0.537. The highest BCUT2D eigenvalue weighted by molar-refractivity contribution is 5.16. The van der Waals surface area contributed by atoms with Gasteiger partial charge in [0.25, 0.3) is 0 Å². The monoisotopic (exact) mass is 209 g/mol. The van der Waals surface area contributed by atoms with Gasteiger partial charge in [0.15, 0.2) is 5.82 Å². The Kier molecular flexibility index (Phi) is 2.12. The Hall–Kier alpha value is -0.970. The maximum Gasteiger partial charge on any atom is 0.165 e. The molecule has 1 saturated carbocycles. The molecule has 0 atom stereocenters. The number of tetrazole rings is 1. The van der Waals surface area contributed by atoms with Crippen molar-refractivity contribution in [1.82, 2.24) is 25.5 Å². The normalized spacial score (nSPS) is 23.0. The second kappa shape index (κ2) is 3.01. The highest BCUT2D eigenvalue weighted by atomic mass is 15.6. The van der Waals surface area contributed by atoms with Crippen LogP contribution in [0.25, 0.3) is 0 Å². The van der Waals surface area contributed by atoms with E-state index in [-0.39, 0.29) is 10.8 Å². The largest absolute Gasteiger partial charge is 0.313 e. The van der Waals surface area contributed by atoms with Crippen LogP contribution in [-0.4, -0.2) is 27.3 Å². The molecule has 5 heteroatoms. The third-order valence-electron chi connectivity index (χ3n) is 4.08. The second-order valence-electron chi connectivity index (χ2n) is 5.42. The summed E-state index contributed by atoms with van der Waals surface area (Å²) in [7, 11) is 1.90. The van der Waals surface area contributed by atoms with E-state index in [0.29, 0.717) is 6.04 Å². The smallest absolute Gasteiger partial charge is 0.165 e. The number of rotatable bonds is 3. The van der Waals surface area contributed by atoms with E-state index in [0.717, 1.165) is 12.4 Å². The molecule has 0 bridgehead atoms. The first kappa shape index (κ1) is 10.5. The third-order valence-corrected chi connectivity index (χ3v) is 4.08. The van der Waals surface area contributed by atoms with Crippen LogP contribution in [0.4, 0.5) is 0 Å². The molecule has 1 fully saturated rings. The first-order valence-electron chi connectivity index (χ1n) is 5.34. The molecule has 84 valence electrons. The fraction of sp³-hybridized carbons (Fsp3) is 0.900. The number of nitrogens with zero attached hydrogens (tertiary/aromatic N) is 4. The van der Waals surface area contributed by atoms with Gasteiger partial charge in [0.05, 0.1) is 12.6 Å². The minimum atomic E-state index is 0.269. The Balaban J connectivity index is 2.29. The average Bonchev–Trinajstić information content (AvgIpc) is 2.51. The van der Waals surface area contributed by atoms with Crippen LogP contribution in [0.15, 0.2) is 0 Å². The molecule has 1 aliphatic carbocycles. The standard InChI is InChI=1S/C10H19N5/c1-9(2)8(10(9,3)4)15-7(6-11-5)12-13-14-15/h8,11H,6H2,1-5H3. The SMILES string of the molecule is CNCc1nnnn1C1C(C)(C)C1(C)C. The number of aromatic nitrogens is 4. The fourth-order valence-electron chi connectivity index (χ4n) is 2.46. The zero-order valence-electron chi connectivity index (χ0n) is 10.1. The molecule has 15 heavy (non-hydrogen) atoms. The molecule has 0 amide bonds. The zero-order chi connectivity index (χ0) is 11.3. The van der Waals surface area contributed by atoms with Crippen LogP contribution in [0.5, 0.6) is 0 Å². The van der Waals surface area contributed by atoms with E-state index >= 15 is 0 Å². The Morgan fingerprint density at radius 3 is 2.33 bits per heavy atom. The van der Waals surface area contributed by atoms with Crippen molar-refractivity contribution in [1.29, 1.82) is 0 Å². The lowest BCUT2D eigenvalue weighted by Gasteiger charge is -2.05. The van der Waals surface area contributed by atoms with E-state index in [2.05, 4.69) is 48.5 Å². The van der Waals surface area contributed by atoms with Crippen LogP contribution < -0.4 is 5.32 Å². The highest BCUT2D eigenvalue weighted by Crippen LogP contribution is 2.71. The van der Waals surface area contributed by atoms with E-state index in [4.69, 9.17) is 0 Å². The van der Waals surface area contributed by atoms with Crippen LogP contribution in [0, 0.1) is 10.8 Å². The van der Waals surface area contributed by atoms with Crippen molar-refractivity contribution in [3.05, 3.63) is 5.82 Å². The number of nitrogens with one attached hydrogen (secondary N) is 1. The summed E-state index contributed by atoms with van der Waals surface area (Å²) < 4.78 is 1.97. The number of hydrogen-bond donors (Lipinski definition) is 1. The molecule has 5 nitrogen and oxygen atoms in total. The summed E-state index contributed by atoms with van der Waals surface area (Å²) in [5.74, 6) is 0.918. The maximum atomic E-state index is 4.10. The van der Waals surface area contributed by atoms with E-state index in [1.807, 2.05) is 11.7 Å². The Labute approximate surface area is 90.2 Å². The minimum absolute atomic E-state index is 0.269. The second-order valence-corrected chi connectivity index (χ2v) is 5.42. The van der Waals surface area contributed by atoms with Gasteiger partial charge < -0.3 is 5.32 Å². The molecular weight excluding hydrogens is 190 g/mol. The lowest BCUT2D eigenvalue weighted by Crippen LogP contribution is -2.14. The highest BCUT2D eigenvalue weighted by Gasteiger charge is 2.67. The predicted molar refractivity (Wildman–Crippen MR) is 57.2 cm³/mol. The Morgan fingerprint density at radius 1 is 1.27 bits per heavy atom. The quantitative estimate of drug-likeness (QED) is 0.807. The van der Waals surface area contributed by atoms with Gasteiger partial charge in [-0.05, 0) is 28.3 Å².